The summed E-state index contributed by atoms with van der Waals surface area (Å²) in [5.74, 6) is -0.447. The second-order valence-corrected chi connectivity index (χ2v) is 7.32. The van der Waals surface area contributed by atoms with Gasteiger partial charge in [-0.05, 0) is 45.4 Å². The van der Waals surface area contributed by atoms with Gasteiger partial charge in [-0.3, -0.25) is 9.69 Å². The molecule has 2 rings (SSSR count). The number of anilines is 1. The van der Waals surface area contributed by atoms with Gasteiger partial charge in [0.15, 0.2) is 0 Å². The van der Waals surface area contributed by atoms with Crippen LogP contribution in [0, 0.1) is 0 Å². The summed E-state index contributed by atoms with van der Waals surface area (Å²) in [6, 6.07) is 2.63. The second-order valence-electron chi connectivity index (χ2n) is 6.91. The Balaban J connectivity index is 2.21. The molecule has 1 fully saturated rings. The molecule has 1 saturated heterocycles. The third kappa shape index (κ3) is 4.20. The van der Waals surface area contributed by atoms with Crippen molar-refractivity contribution in [1.29, 1.82) is 0 Å². The van der Waals surface area contributed by atoms with Gasteiger partial charge in [-0.1, -0.05) is 11.6 Å². The molecule has 2 atom stereocenters. The second kappa shape index (κ2) is 6.54. The number of halogens is 4. The van der Waals surface area contributed by atoms with Crippen LogP contribution in [0.1, 0.15) is 32.8 Å². The number of β-amino-alcohol motifs (C(OH)–C–C–N with tert-alkyl or cyclic N) is 1. The lowest BCUT2D eigenvalue weighted by atomic mass is 10.0. The predicted molar refractivity (Wildman–Crippen MR) is 86.0 cm³/mol. The number of hydrogen-bond donors (Lipinski definition) is 2. The van der Waals surface area contributed by atoms with Crippen molar-refractivity contribution >= 4 is 23.2 Å². The zero-order chi connectivity index (χ0) is 18.3. The van der Waals surface area contributed by atoms with Crippen molar-refractivity contribution in [2.75, 3.05) is 11.9 Å². The van der Waals surface area contributed by atoms with Crippen LogP contribution >= 0.6 is 11.6 Å². The van der Waals surface area contributed by atoms with Crippen LogP contribution in [0.2, 0.25) is 5.02 Å². The number of rotatable bonds is 2. The molecule has 4 nitrogen and oxygen atoms in total. The number of carbonyl (C=O) groups excluding carboxylic acids is 1. The Hall–Kier alpha value is -1.31. The highest BCUT2D eigenvalue weighted by Crippen LogP contribution is 2.36. The Morgan fingerprint density at radius 1 is 1.33 bits per heavy atom. The molecule has 1 aliphatic rings. The van der Waals surface area contributed by atoms with Crippen LogP contribution in [-0.4, -0.2) is 40.1 Å². The van der Waals surface area contributed by atoms with Crippen LogP contribution in [0.25, 0.3) is 0 Å². The Bertz CT molecular complexity index is 629. The summed E-state index contributed by atoms with van der Waals surface area (Å²) in [7, 11) is 0. The number of alkyl halides is 3. The molecule has 1 aromatic carbocycles. The number of nitrogens with zero attached hydrogens (tertiary/aromatic N) is 1. The van der Waals surface area contributed by atoms with Crippen molar-refractivity contribution in [3.63, 3.8) is 0 Å². The fraction of sp³-hybridized carbons (Fsp3) is 0.562. The maximum absolute atomic E-state index is 12.9. The van der Waals surface area contributed by atoms with E-state index in [0.29, 0.717) is 6.54 Å². The fourth-order valence-corrected chi connectivity index (χ4v) is 3.07. The van der Waals surface area contributed by atoms with Crippen molar-refractivity contribution in [3.05, 3.63) is 28.8 Å². The van der Waals surface area contributed by atoms with E-state index < -0.39 is 34.8 Å². The third-order valence-corrected chi connectivity index (χ3v) is 4.31. The lowest BCUT2D eigenvalue weighted by Crippen LogP contribution is -2.49. The van der Waals surface area contributed by atoms with Gasteiger partial charge >= 0.3 is 6.18 Å². The van der Waals surface area contributed by atoms with Crippen LogP contribution in [0.3, 0.4) is 0 Å². The fourth-order valence-electron chi connectivity index (χ4n) is 2.85. The molecular weight excluding hydrogens is 345 g/mol. The highest BCUT2D eigenvalue weighted by atomic mass is 35.5. The summed E-state index contributed by atoms with van der Waals surface area (Å²) in [4.78, 5) is 14.3. The number of nitrogens with one attached hydrogen (secondary N) is 1. The minimum atomic E-state index is -4.60. The minimum Gasteiger partial charge on any atom is -0.392 e. The first-order valence-electron chi connectivity index (χ1n) is 7.52. The van der Waals surface area contributed by atoms with E-state index >= 15 is 0 Å². The van der Waals surface area contributed by atoms with E-state index in [2.05, 4.69) is 5.32 Å². The molecule has 0 radical (unpaired) electrons. The van der Waals surface area contributed by atoms with Crippen molar-refractivity contribution in [1.82, 2.24) is 4.90 Å². The van der Waals surface area contributed by atoms with Gasteiger partial charge in [0, 0.05) is 17.8 Å². The minimum absolute atomic E-state index is 0.0203. The number of hydrogen-bond acceptors (Lipinski definition) is 3. The summed E-state index contributed by atoms with van der Waals surface area (Å²) < 4.78 is 38.7. The number of aliphatic hydroxyl groups is 1. The lowest BCUT2D eigenvalue weighted by Gasteiger charge is -2.36. The van der Waals surface area contributed by atoms with Crippen LogP contribution in [0.4, 0.5) is 18.9 Å². The van der Waals surface area contributed by atoms with Gasteiger partial charge in [-0.2, -0.15) is 13.2 Å². The summed E-state index contributed by atoms with van der Waals surface area (Å²) in [5.41, 5.74) is -1.33. The molecule has 0 unspecified atom stereocenters. The van der Waals surface area contributed by atoms with E-state index in [1.807, 2.05) is 25.7 Å². The van der Waals surface area contributed by atoms with Crippen LogP contribution in [0.15, 0.2) is 18.2 Å². The quantitative estimate of drug-likeness (QED) is 0.844. The monoisotopic (exact) mass is 364 g/mol. The first-order chi connectivity index (χ1) is 10.9. The molecule has 1 aliphatic heterocycles. The smallest absolute Gasteiger partial charge is 0.392 e. The van der Waals surface area contributed by atoms with Gasteiger partial charge in [-0.25, -0.2) is 0 Å². The summed E-state index contributed by atoms with van der Waals surface area (Å²) in [5, 5.41) is 11.9. The van der Waals surface area contributed by atoms with E-state index in [1.165, 1.54) is 6.07 Å². The van der Waals surface area contributed by atoms with E-state index in [9.17, 15) is 23.1 Å². The molecule has 24 heavy (non-hydrogen) atoms. The molecule has 0 bridgehead atoms. The number of benzene rings is 1. The molecule has 0 aromatic heterocycles. The number of amides is 1. The Morgan fingerprint density at radius 3 is 2.50 bits per heavy atom. The Kier molecular flexibility index (Phi) is 5.18. The third-order valence-electron chi connectivity index (χ3n) is 3.98. The molecule has 1 aromatic rings. The van der Waals surface area contributed by atoms with Gasteiger partial charge in [0.25, 0.3) is 0 Å². The molecule has 2 N–H and O–H groups in total. The van der Waals surface area contributed by atoms with E-state index in [1.54, 1.807) is 0 Å². The molecule has 0 saturated carbocycles. The average Bonchev–Trinajstić information content (AvgIpc) is 2.82. The molecule has 0 aliphatic carbocycles. The molecular formula is C16H20ClF3N2O2. The molecule has 134 valence electrons. The van der Waals surface area contributed by atoms with E-state index in [-0.39, 0.29) is 17.6 Å². The molecule has 1 amide bonds. The summed E-state index contributed by atoms with van der Waals surface area (Å²) in [6.07, 6.45) is -5.00. The molecule has 1 heterocycles. The normalized spacial score (nSPS) is 22.7. The van der Waals surface area contributed by atoms with E-state index in [0.717, 1.165) is 12.1 Å². The van der Waals surface area contributed by atoms with Gasteiger partial charge < -0.3 is 10.4 Å². The first kappa shape index (κ1) is 19.0. The summed E-state index contributed by atoms with van der Waals surface area (Å²) >= 11 is 5.57. The molecule has 0 spiro atoms. The van der Waals surface area contributed by atoms with Crippen LogP contribution in [0.5, 0.6) is 0 Å². The number of carbonyl (C=O) groups is 1. The predicted octanol–water partition coefficient (Wildman–Crippen LogP) is 3.53. The van der Waals surface area contributed by atoms with Crippen molar-refractivity contribution in [2.24, 2.45) is 0 Å². The van der Waals surface area contributed by atoms with Gasteiger partial charge in [0.2, 0.25) is 5.91 Å². The van der Waals surface area contributed by atoms with Gasteiger partial charge in [-0.15, -0.1) is 0 Å². The van der Waals surface area contributed by atoms with Crippen molar-refractivity contribution in [3.8, 4) is 0 Å². The highest BCUT2D eigenvalue weighted by molar-refractivity contribution is 6.31. The zero-order valence-electron chi connectivity index (χ0n) is 13.6. The Morgan fingerprint density at radius 2 is 1.96 bits per heavy atom. The number of aliphatic hydroxyl groups excluding tert-OH is 1. The standard InChI is InChI=1S/C16H20ClF3N2O2/c1-15(2,3)22-8-10(23)7-13(22)14(24)21-9-4-5-12(17)11(6-9)16(18,19)20/h4-6,10,13,23H,7-8H2,1-3H3,(H,21,24)/t10-,13+/m0/s1. The van der Waals surface area contributed by atoms with Crippen LogP contribution < -0.4 is 5.32 Å². The maximum atomic E-state index is 12.9. The molecule has 8 heteroatoms. The Labute approximate surface area is 143 Å². The van der Waals surface area contributed by atoms with Gasteiger partial charge in [0.05, 0.1) is 22.7 Å². The van der Waals surface area contributed by atoms with Gasteiger partial charge in [0.1, 0.15) is 0 Å². The SMILES string of the molecule is CC(C)(C)N1C[C@@H](O)C[C@@H]1C(=O)Nc1ccc(Cl)c(C(F)(F)F)c1. The zero-order valence-corrected chi connectivity index (χ0v) is 14.4. The van der Waals surface area contributed by atoms with Crippen molar-refractivity contribution in [2.45, 2.75) is 51.1 Å². The van der Waals surface area contributed by atoms with Crippen molar-refractivity contribution < 1.29 is 23.1 Å². The summed E-state index contributed by atoms with van der Waals surface area (Å²) in [6.45, 7) is 6.08. The lowest BCUT2D eigenvalue weighted by molar-refractivity contribution is -0.137. The maximum Gasteiger partial charge on any atom is 0.417 e. The average molecular weight is 365 g/mol. The number of likely N-dealkylation sites (tertiary alicyclic amines) is 1. The van der Waals surface area contributed by atoms with E-state index in [4.69, 9.17) is 11.6 Å². The largest absolute Gasteiger partial charge is 0.417 e. The first-order valence-corrected chi connectivity index (χ1v) is 7.90. The highest BCUT2D eigenvalue weighted by Gasteiger charge is 2.41. The topological polar surface area (TPSA) is 52.6 Å². The van der Waals surface area contributed by atoms with Crippen LogP contribution in [-0.2, 0) is 11.0 Å².